The first-order valence-corrected chi connectivity index (χ1v) is 4.13. The number of nitrogens with two attached hydrogens (primary N) is 1. The monoisotopic (exact) mass is 156 g/mol. The van der Waals surface area contributed by atoms with E-state index in [0.29, 0.717) is 12.6 Å². The van der Waals surface area contributed by atoms with Crippen molar-refractivity contribution in [2.75, 3.05) is 13.6 Å². The number of piperidine rings is 1. The van der Waals surface area contributed by atoms with Crippen molar-refractivity contribution < 1.29 is 4.79 Å². The number of amides is 1. The van der Waals surface area contributed by atoms with Crippen LogP contribution in [0, 0.1) is 5.92 Å². The van der Waals surface area contributed by atoms with E-state index in [-0.39, 0.29) is 11.8 Å². The van der Waals surface area contributed by atoms with Gasteiger partial charge in [0.05, 0.1) is 5.92 Å². The zero-order valence-electron chi connectivity index (χ0n) is 7.21. The van der Waals surface area contributed by atoms with Gasteiger partial charge in [-0.3, -0.25) is 4.79 Å². The summed E-state index contributed by atoms with van der Waals surface area (Å²) in [4.78, 5) is 13.2. The zero-order valence-corrected chi connectivity index (χ0v) is 7.21. The molecule has 11 heavy (non-hydrogen) atoms. The van der Waals surface area contributed by atoms with E-state index in [2.05, 4.69) is 6.92 Å². The summed E-state index contributed by atoms with van der Waals surface area (Å²) in [5, 5.41) is 0. The maximum Gasteiger partial charge on any atom is 0.226 e. The van der Waals surface area contributed by atoms with Gasteiger partial charge in [0.1, 0.15) is 0 Å². The van der Waals surface area contributed by atoms with Gasteiger partial charge in [-0.05, 0) is 19.8 Å². The predicted octanol–water partition coefficient (Wildman–Crippen LogP) is 0.202. The van der Waals surface area contributed by atoms with Crippen molar-refractivity contribution in [3.63, 3.8) is 0 Å². The van der Waals surface area contributed by atoms with Crippen molar-refractivity contribution in [3.8, 4) is 0 Å². The predicted molar refractivity (Wildman–Crippen MR) is 44.0 cm³/mol. The topological polar surface area (TPSA) is 46.3 Å². The Morgan fingerprint density at radius 1 is 1.64 bits per heavy atom. The maximum absolute atomic E-state index is 11.4. The van der Waals surface area contributed by atoms with E-state index < -0.39 is 0 Å². The number of rotatable bonds is 1. The fourth-order valence-corrected chi connectivity index (χ4v) is 1.48. The van der Waals surface area contributed by atoms with Gasteiger partial charge < -0.3 is 10.6 Å². The Bertz CT molecular complexity index is 154. The van der Waals surface area contributed by atoms with Crippen LogP contribution in [0.4, 0.5) is 0 Å². The molecule has 0 aromatic rings. The maximum atomic E-state index is 11.4. The van der Waals surface area contributed by atoms with Crippen LogP contribution < -0.4 is 5.73 Å². The Morgan fingerprint density at radius 3 is 2.82 bits per heavy atom. The summed E-state index contributed by atoms with van der Waals surface area (Å²) in [5.74, 6) is 0.294. The first-order valence-electron chi connectivity index (χ1n) is 4.13. The van der Waals surface area contributed by atoms with Crippen LogP contribution in [0.25, 0.3) is 0 Å². The summed E-state index contributed by atoms with van der Waals surface area (Å²) < 4.78 is 0. The average Bonchev–Trinajstić information content (AvgIpc) is 2.01. The minimum absolute atomic E-state index is 0.0798. The summed E-state index contributed by atoms with van der Waals surface area (Å²) in [6.45, 7) is 2.57. The quantitative estimate of drug-likeness (QED) is 0.589. The normalized spacial score (nSPS) is 32.6. The smallest absolute Gasteiger partial charge is 0.226 e. The van der Waals surface area contributed by atoms with E-state index in [1.165, 1.54) is 0 Å². The minimum Gasteiger partial charge on any atom is -0.343 e. The highest BCUT2D eigenvalue weighted by Crippen LogP contribution is 2.20. The molecule has 2 N–H and O–H groups in total. The van der Waals surface area contributed by atoms with Gasteiger partial charge in [-0.25, -0.2) is 0 Å². The summed E-state index contributed by atoms with van der Waals surface area (Å²) in [6.07, 6.45) is 2.05. The lowest BCUT2D eigenvalue weighted by Crippen LogP contribution is -2.46. The SMILES string of the molecule is C[C@H]1CC[C@@H](CN)C(=O)N1C. The molecule has 1 saturated heterocycles. The summed E-state index contributed by atoms with van der Waals surface area (Å²) in [5.41, 5.74) is 5.45. The highest BCUT2D eigenvalue weighted by atomic mass is 16.2. The molecule has 2 atom stereocenters. The molecule has 0 bridgehead atoms. The van der Waals surface area contributed by atoms with Crippen LogP contribution in [0.2, 0.25) is 0 Å². The van der Waals surface area contributed by atoms with Crippen molar-refractivity contribution >= 4 is 5.91 Å². The molecular weight excluding hydrogens is 140 g/mol. The molecule has 0 spiro atoms. The van der Waals surface area contributed by atoms with Gasteiger partial charge >= 0.3 is 0 Å². The molecule has 1 fully saturated rings. The van der Waals surface area contributed by atoms with Gasteiger partial charge in [0.2, 0.25) is 5.91 Å². The van der Waals surface area contributed by atoms with E-state index in [9.17, 15) is 4.79 Å². The first-order chi connectivity index (χ1) is 5.16. The number of carbonyl (C=O) groups is 1. The number of nitrogens with zero attached hydrogens (tertiary/aromatic N) is 1. The number of hydrogen-bond donors (Lipinski definition) is 1. The molecule has 0 aromatic heterocycles. The molecule has 0 unspecified atom stereocenters. The van der Waals surface area contributed by atoms with E-state index >= 15 is 0 Å². The van der Waals surface area contributed by atoms with E-state index in [0.717, 1.165) is 12.8 Å². The highest BCUT2D eigenvalue weighted by Gasteiger charge is 2.29. The van der Waals surface area contributed by atoms with Crippen molar-refractivity contribution in [3.05, 3.63) is 0 Å². The molecule has 0 aliphatic carbocycles. The van der Waals surface area contributed by atoms with Crippen molar-refractivity contribution in [2.24, 2.45) is 11.7 Å². The lowest BCUT2D eigenvalue weighted by atomic mass is 9.93. The second-order valence-electron chi connectivity index (χ2n) is 3.31. The molecule has 0 aromatic carbocycles. The van der Waals surface area contributed by atoms with Gasteiger partial charge in [-0.15, -0.1) is 0 Å². The lowest BCUT2D eigenvalue weighted by molar-refractivity contribution is -0.139. The van der Waals surface area contributed by atoms with Crippen LogP contribution in [-0.4, -0.2) is 30.4 Å². The second kappa shape index (κ2) is 3.22. The zero-order chi connectivity index (χ0) is 8.43. The molecule has 1 amide bonds. The molecule has 1 aliphatic heterocycles. The average molecular weight is 156 g/mol. The summed E-state index contributed by atoms with van der Waals surface area (Å²) in [6, 6.07) is 0.394. The van der Waals surface area contributed by atoms with Gasteiger partial charge in [0.15, 0.2) is 0 Å². The summed E-state index contributed by atoms with van der Waals surface area (Å²) >= 11 is 0. The minimum atomic E-state index is 0.0798. The number of carbonyl (C=O) groups excluding carboxylic acids is 1. The third kappa shape index (κ3) is 1.53. The fraction of sp³-hybridized carbons (Fsp3) is 0.875. The molecule has 3 heteroatoms. The fourth-order valence-electron chi connectivity index (χ4n) is 1.48. The Morgan fingerprint density at radius 2 is 2.27 bits per heavy atom. The van der Waals surface area contributed by atoms with E-state index in [1.807, 2.05) is 7.05 Å². The lowest BCUT2D eigenvalue weighted by Gasteiger charge is -2.34. The van der Waals surface area contributed by atoms with Crippen LogP contribution in [-0.2, 0) is 4.79 Å². The third-order valence-electron chi connectivity index (χ3n) is 2.58. The van der Waals surface area contributed by atoms with E-state index in [4.69, 9.17) is 5.73 Å². The van der Waals surface area contributed by atoms with Crippen LogP contribution in [0.3, 0.4) is 0 Å². The van der Waals surface area contributed by atoms with Gasteiger partial charge in [0, 0.05) is 19.6 Å². The van der Waals surface area contributed by atoms with Crippen LogP contribution in [0.1, 0.15) is 19.8 Å². The van der Waals surface area contributed by atoms with Crippen LogP contribution >= 0.6 is 0 Å². The molecule has 1 rings (SSSR count). The second-order valence-corrected chi connectivity index (χ2v) is 3.31. The van der Waals surface area contributed by atoms with Crippen LogP contribution in [0.5, 0.6) is 0 Å². The first kappa shape index (κ1) is 8.53. The third-order valence-corrected chi connectivity index (χ3v) is 2.58. The molecule has 3 nitrogen and oxygen atoms in total. The molecule has 64 valence electrons. The summed E-state index contributed by atoms with van der Waals surface area (Å²) in [7, 11) is 1.86. The number of hydrogen-bond acceptors (Lipinski definition) is 2. The van der Waals surface area contributed by atoms with Gasteiger partial charge in [-0.2, -0.15) is 0 Å². The van der Waals surface area contributed by atoms with Gasteiger partial charge in [0.25, 0.3) is 0 Å². The Kier molecular flexibility index (Phi) is 2.49. The molecular formula is C8H16N2O. The number of likely N-dealkylation sites (tertiary alicyclic amines) is 1. The van der Waals surface area contributed by atoms with Crippen molar-refractivity contribution in [1.29, 1.82) is 0 Å². The molecule has 0 radical (unpaired) electrons. The van der Waals surface area contributed by atoms with Crippen LogP contribution in [0.15, 0.2) is 0 Å². The Hall–Kier alpha value is -0.570. The highest BCUT2D eigenvalue weighted by molar-refractivity contribution is 5.79. The largest absolute Gasteiger partial charge is 0.343 e. The molecule has 1 heterocycles. The molecule has 0 saturated carbocycles. The standard InChI is InChI=1S/C8H16N2O/c1-6-3-4-7(5-9)8(11)10(6)2/h6-7H,3-5,9H2,1-2H3/t6-,7-/m0/s1. The van der Waals surface area contributed by atoms with Gasteiger partial charge in [-0.1, -0.05) is 0 Å². The van der Waals surface area contributed by atoms with Crippen molar-refractivity contribution in [2.45, 2.75) is 25.8 Å². The Labute approximate surface area is 67.5 Å². The molecule has 1 aliphatic rings. The van der Waals surface area contributed by atoms with Crippen molar-refractivity contribution in [1.82, 2.24) is 4.90 Å². The Balaban J connectivity index is 2.59. The van der Waals surface area contributed by atoms with E-state index in [1.54, 1.807) is 4.90 Å².